The fraction of sp³-hybridized carbons (Fsp3) is 0.286. The Kier molecular flexibility index (Phi) is 5.38. The van der Waals surface area contributed by atoms with Crippen LogP contribution in [-0.4, -0.2) is 12.6 Å². The lowest BCUT2D eigenvalue weighted by molar-refractivity contribution is -0.263. The van der Waals surface area contributed by atoms with E-state index >= 15 is 0 Å². The quantitative estimate of drug-likeness (QED) is 0.256. The molecule has 0 saturated heterocycles. The molecule has 3 nitrogen and oxygen atoms in total. The highest BCUT2D eigenvalue weighted by Crippen LogP contribution is 1.81. The lowest BCUT2D eigenvalue weighted by Gasteiger charge is -1.94. The van der Waals surface area contributed by atoms with E-state index in [4.69, 9.17) is 0 Å². The molecule has 56 valence electrons. The minimum Gasteiger partial charge on any atom is -0.298 e. The summed E-state index contributed by atoms with van der Waals surface area (Å²) < 4.78 is 0. The van der Waals surface area contributed by atoms with Crippen LogP contribution < -0.4 is 0 Å². The van der Waals surface area contributed by atoms with Gasteiger partial charge in [0.15, 0.2) is 0 Å². The molecular weight excluding hydrogens is 132 g/mol. The van der Waals surface area contributed by atoms with Crippen molar-refractivity contribution >= 4 is 5.97 Å². The Morgan fingerprint density at radius 1 is 1.70 bits per heavy atom. The number of carbonyl (C=O) groups excluding carboxylic acids is 1. The van der Waals surface area contributed by atoms with E-state index in [-0.39, 0.29) is 6.61 Å². The summed E-state index contributed by atoms with van der Waals surface area (Å²) in [7, 11) is 0. The topological polar surface area (TPSA) is 35.5 Å². The summed E-state index contributed by atoms with van der Waals surface area (Å²) in [5, 5.41) is 0. The molecule has 0 aromatic rings. The molecule has 0 amide bonds. The van der Waals surface area contributed by atoms with Gasteiger partial charge in [0.25, 0.3) is 0 Å². The summed E-state index contributed by atoms with van der Waals surface area (Å²) in [6.07, 6.45) is 4.98. The first-order valence-corrected chi connectivity index (χ1v) is 2.85. The van der Waals surface area contributed by atoms with E-state index in [0.717, 1.165) is 0 Å². The van der Waals surface area contributed by atoms with Crippen LogP contribution in [-0.2, 0) is 14.6 Å². The molecule has 0 bridgehead atoms. The minimum absolute atomic E-state index is 0.256. The molecule has 0 fully saturated rings. The van der Waals surface area contributed by atoms with Gasteiger partial charge in [-0.3, -0.25) is 4.89 Å². The summed E-state index contributed by atoms with van der Waals surface area (Å²) in [5.74, 6) is -0.452. The van der Waals surface area contributed by atoms with Crippen molar-refractivity contribution in [2.24, 2.45) is 0 Å². The maximum Gasteiger partial charge on any atom is 0.339 e. The standard InChI is InChI=1S/C7H10O3/c1-3-4-5-6-9-10-7(2)8/h3-5H,1,6H2,2H3. The predicted molar refractivity (Wildman–Crippen MR) is 37.1 cm³/mol. The molecule has 0 heterocycles. The Bertz CT molecular complexity index is 138. The number of rotatable bonds is 4. The van der Waals surface area contributed by atoms with Crippen molar-refractivity contribution in [1.29, 1.82) is 0 Å². The Balaban J connectivity index is 3.12. The molecular formula is C7H10O3. The van der Waals surface area contributed by atoms with Crippen LogP contribution in [0.1, 0.15) is 6.92 Å². The molecule has 0 N–H and O–H groups in total. The Hall–Kier alpha value is -1.09. The minimum atomic E-state index is -0.452. The smallest absolute Gasteiger partial charge is 0.298 e. The van der Waals surface area contributed by atoms with Gasteiger partial charge in [-0.05, 0) is 0 Å². The van der Waals surface area contributed by atoms with Crippen LogP contribution in [0.2, 0.25) is 0 Å². The van der Waals surface area contributed by atoms with Gasteiger partial charge in [0.2, 0.25) is 0 Å². The second-order valence-electron chi connectivity index (χ2n) is 1.52. The van der Waals surface area contributed by atoms with Crippen molar-refractivity contribution in [1.82, 2.24) is 0 Å². The number of hydrogen-bond donors (Lipinski definition) is 0. The van der Waals surface area contributed by atoms with Crippen LogP contribution in [0.3, 0.4) is 0 Å². The van der Waals surface area contributed by atoms with Crippen LogP contribution in [0.5, 0.6) is 0 Å². The van der Waals surface area contributed by atoms with Crippen LogP contribution in [0, 0.1) is 0 Å². The molecule has 0 aliphatic heterocycles. The summed E-state index contributed by atoms with van der Waals surface area (Å²) >= 11 is 0. The van der Waals surface area contributed by atoms with Gasteiger partial charge in [0, 0.05) is 6.92 Å². The van der Waals surface area contributed by atoms with E-state index in [9.17, 15) is 4.79 Å². The normalized spacial score (nSPS) is 9.70. The highest BCUT2D eigenvalue weighted by atomic mass is 17.2. The fourth-order valence-electron chi connectivity index (χ4n) is 0.308. The first-order valence-electron chi connectivity index (χ1n) is 2.85. The maximum atomic E-state index is 10.1. The van der Waals surface area contributed by atoms with E-state index in [0.29, 0.717) is 0 Å². The molecule has 0 aromatic heterocycles. The zero-order valence-corrected chi connectivity index (χ0v) is 5.87. The lowest BCUT2D eigenvalue weighted by Crippen LogP contribution is -1.99. The van der Waals surface area contributed by atoms with Gasteiger partial charge in [-0.25, -0.2) is 4.79 Å². The van der Waals surface area contributed by atoms with Crippen molar-refractivity contribution in [2.45, 2.75) is 6.92 Å². The molecule has 0 spiro atoms. The third-order valence-corrected chi connectivity index (χ3v) is 0.613. The summed E-state index contributed by atoms with van der Waals surface area (Å²) in [4.78, 5) is 18.7. The summed E-state index contributed by atoms with van der Waals surface area (Å²) in [6.45, 7) is 4.97. The zero-order valence-electron chi connectivity index (χ0n) is 5.87. The van der Waals surface area contributed by atoms with Crippen molar-refractivity contribution in [3.05, 3.63) is 24.8 Å². The Labute approximate surface area is 59.9 Å². The predicted octanol–water partition coefficient (Wildman–Crippen LogP) is 1.22. The Morgan fingerprint density at radius 2 is 2.40 bits per heavy atom. The maximum absolute atomic E-state index is 10.1. The molecule has 10 heavy (non-hydrogen) atoms. The van der Waals surface area contributed by atoms with E-state index in [1.54, 1.807) is 18.2 Å². The van der Waals surface area contributed by atoms with Gasteiger partial charge in [-0.1, -0.05) is 24.8 Å². The lowest BCUT2D eigenvalue weighted by atomic mass is 10.5. The van der Waals surface area contributed by atoms with E-state index in [1.165, 1.54) is 6.92 Å². The van der Waals surface area contributed by atoms with Crippen LogP contribution >= 0.6 is 0 Å². The molecule has 0 saturated carbocycles. The third-order valence-electron chi connectivity index (χ3n) is 0.613. The van der Waals surface area contributed by atoms with Gasteiger partial charge < -0.3 is 0 Å². The van der Waals surface area contributed by atoms with Crippen molar-refractivity contribution in [3.63, 3.8) is 0 Å². The number of carbonyl (C=O) groups is 1. The summed E-state index contributed by atoms with van der Waals surface area (Å²) in [6, 6.07) is 0. The van der Waals surface area contributed by atoms with Crippen LogP contribution in [0.15, 0.2) is 24.8 Å². The van der Waals surface area contributed by atoms with Crippen LogP contribution in [0.4, 0.5) is 0 Å². The highest BCUT2D eigenvalue weighted by molar-refractivity contribution is 5.65. The molecule has 0 rings (SSSR count). The van der Waals surface area contributed by atoms with Crippen molar-refractivity contribution < 1.29 is 14.6 Å². The second-order valence-corrected chi connectivity index (χ2v) is 1.52. The number of hydrogen-bond acceptors (Lipinski definition) is 3. The number of allylic oxidation sites excluding steroid dienone is 2. The highest BCUT2D eigenvalue weighted by Gasteiger charge is 1.88. The average molecular weight is 142 g/mol. The second kappa shape index (κ2) is 6.04. The first kappa shape index (κ1) is 8.91. The van der Waals surface area contributed by atoms with Gasteiger partial charge in [-0.2, -0.15) is 4.89 Å². The molecule has 0 aliphatic carbocycles. The van der Waals surface area contributed by atoms with Gasteiger partial charge in [0.1, 0.15) is 6.61 Å². The van der Waals surface area contributed by atoms with Crippen molar-refractivity contribution in [2.75, 3.05) is 6.61 Å². The van der Waals surface area contributed by atoms with E-state index in [2.05, 4.69) is 16.4 Å². The van der Waals surface area contributed by atoms with E-state index < -0.39 is 5.97 Å². The fourth-order valence-corrected chi connectivity index (χ4v) is 0.308. The summed E-state index contributed by atoms with van der Waals surface area (Å²) in [5.41, 5.74) is 0. The van der Waals surface area contributed by atoms with Crippen molar-refractivity contribution in [3.8, 4) is 0 Å². The third kappa shape index (κ3) is 6.91. The monoisotopic (exact) mass is 142 g/mol. The van der Waals surface area contributed by atoms with Gasteiger partial charge in [-0.15, -0.1) is 0 Å². The molecule has 0 unspecified atom stereocenters. The largest absolute Gasteiger partial charge is 0.339 e. The Morgan fingerprint density at radius 3 is 2.90 bits per heavy atom. The zero-order chi connectivity index (χ0) is 7.82. The SMILES string of the molecule is C=CC=CCOOC(C)=O. The molecule has 3 heteroatoms. The molecule has 0 atom stereocenters. The molecule has 0 radical (unpaired) electrons. The van der Waals surface area contributed by atoms with Gasteiger partial charge in [0.05, 0.1) is 0 Å². The first-order chi connectivity index (χ1) is 4.77. The van der Waals surface area contributed by atoms with Crippen LogP contribution in [0.25, 0.3) is 0 Å². The van der Waals surface area contributed by atoms with E-state index in [1.807, 2.05) is 0 Å². The van der Waals surface area contributed by atoms with Gasteiger partial charge >= 0.3 is 5.97 Å². The molecule has 0 aromatic carbocycles. The average Bonchev–Trinajstić information content (AvgIpc) is 1.87. The molecule has 0 aliphatic rings.